The summed E-state index contributed by atoms with van der Waals surface area (Å²) in [5.74, 6) is 0. The maximum absolute atomic E-state index is 2.36. The van der Waals surface area contributed by atoms with E-state index in [9.17, 15) is 0 Å². The molecule has 0 rings (SSSR count). The van der Waals surface area contributed by atoms with Gasteiger partial charge in [0.1, 0.15) is 0 Å². The molecular formula is C10H23Si. The van der Waals surface area contributed by atoms with Crippen molar-refractivity contribution in [2.24, 2.45) is 0 Å². The zero-order valence-electron chi connectivity index (χ0n) is 8.45. The molecule has 67 valence electrons. The van der Waals surface area contributed by atoms with Crippen molar-refractivity contribution in [3.63, 3.8) is 0 Å². The van der Waals surface area contributed by atoms with Gasteiger partial charge >= 0.3 is 0 Å². The van der Waals surface area contributed by atoms with Gasteiger partial charge < -0.3 is 0 Å². The van der Waals surface area contributed by atoms with Gasteiger partial charge in [0.05, 0.1) is 0 Å². The summed E-state index contributed by atoms with van der Waals surface area (Å²) in [6.07, 6.45) is 5.80. The van der Waals surface area contributed by atoms with Crippen LogP contribution in [0.4, 0.5) is 0 Å². The first kappa shape index (κ1) is 11.2. The first-order chi connectivity index (χ1) is 5.35. The van der Waals surface area contributed by atoms with Crippen LogP contribution >= 0.6 is 0 Å². The molecule has 0 aliphatic rings. The SMILES string of the molecule is CCCCCC[Si](CC)CC. The van der Waals surface area contributed by atoms with Crippen LogP contribution in [0.25, 0.3) is 0 Å². The Balaban J connectivity index is 3.07. The molecule has 0 amide bonds. The van der Waals surface area contributed by atoms with Crippen LogP contribution < -0.4 is 0 Å². The lowest BCUT2D eigenvalue weighted by atomic mass is 10.2. The molecule has 0 aliphatic heterocycles. The van der Waals surface area contributed by atoms with Gasteiger partial charge in [-0.05, 0) is 0 Å². The summed E-state index contributed by atoms with van der Waals surface area (Å²) < 4.78 is 0. The lowest BCUT2D eigenvalue weighted by Gasteiger charge is -2.08. The normalized spacial score (nSPS) is 10.9. The topological polar surface area (TPSA) is 0 Å². The smallest absolute Gasteiger partial charge is 0.0473 e. The van der Waals surface area contributed by atoms with Crippen molar-refractivity contribution in [2.75, 3.05) is 0 Å². The highest BCUT2D eigenvalue weighted by molar-refractivity contribution is 6.58. The summed E-state index contributed by atoms with van der Waals surface area (Å²) in [4.78, 5) is 0. The van der Waals surface area contributed by atoms with E-state index in [2.05, 4.69) is 20.8 Å². The predicted octanol–water partition coefficient (Wildman–Crippen LogP) is 4.10. The molecule has 0 bridgehead atoms. The Kier molecular flexibility index (Phi) is 8.48. The van der Waals surface area contributed by atoms with E-state index >= 15 is 0 Å². The summed E-state index contributed by atoms with van der Waals surface area (Å²) in [7, 11) is 0.0962. The van der Waals surface area contributed by atoms with Crippen LogP contribution in [0.5, 0.6) is 0 Å². The molecule has 0 aromatic heterocycles. The van der Waals surface area contributed by atoms with E-state index in [0.29, 0.717) is 0 Å². The number of hydrogen-bond acceptors (Lipinski definition) is 0. The van der Waals surface area contributed by atoms with E-state index < -0.39 is 0 Å². The van der Waals surface area contributed by atoms with Gasteiger partial charge in [0.2, 0.25) is 0 Å². The minimum Gasteiger partial charge on any atom is -0.0680 e. The highest BCUT2D eigenvalue weighted by atomic mass is 28.3. The van der Waals surface area contributed by atoms with E-state index in [1.165, 1.54) is 37.8 Å². The average molecular weight is 171 g/mol. The fourth-order valence-corrected chi connectivity index (χ4v) is 3.36. The molecule has 0 spiro atoms. The monoisotopic (exact) mass is 171 g/mol. The van der Waals surface area contributed by atoms with Gasteiger partial charge in [-0.3, -0.25) is 0 Å². The lowest BCUT2D eigenvalue weighted by Crippen LogP contribution is -2.07. The standard InChI is InChI=1S/C10H23Si/c1-4-7-8-9-10-11(5-2)6-3/h4-10H2,1-3H3. The fraction of sp³-hybridized carbons (Fsp3) is 1.00. The molecule has 0 heterocycles. The molecule has 1 heteroatoms. The molecule has 0 nitrogen and oxygen atoms in total. The van der Waals surface area contributed by atoms with Gasteiger partial charge in [0, 0.05) is 8.80 Å². The van der Waals surface area contributed by atoms with Gasteiger partial charge in [0.15, 0.2) is 0 Å². The van der Waals surface area contributed by atoms with Crippen LogP contribution in [0.15, 0.2) is 0 Å². The minimum absolute atomic E-state index is 0.0962. The average Bonchev–Trinajstić information content (AvgIpc) is 2.05. The van der Waals surface area contributed by atoms with Crippen molar-refractivity contribution in [3.8, 4) is 0 Å². The predicted molar refractivity (Wildman–Crippen MR) is 55.7 cm³/mol. The molecule has 11 heavy (non-hydrogen) atoms. The molecule has 1 radical (unpaired) electrons. The van der Waals surface area contributed by atoms with E-state index in [1.807, 2.05) is 0 Å². The van der Waals surface area contributed by atoms with Crippen molar-refractivity contribution in [3.05, 3.63) is 0 Å². The van der Waals surface area contributed by atoms with Crippen LogP contribution in [0.3, 0.4) is 0 Å². The summed E-state index contributed by atoms with van der Waals surface area (Å²) in [5, 5.41) is 0. The Morgan fingerprint density at radius 1 is 0.818 bits per heavy atom. The molecule has 0 aromatic carbocycles. The lowest BCUT2D eigenvalue weighted by molar-refractivity contribution is 0.697. The third-order valence-electron chi connectivity index (χ3n) is 2.38. The Morgan fingerprint density at radius 2 is 1.45 bits per heavy atom. The van der Waals surface area contributed by atoms with Crippen molar-refractivity contribution in [2.45, 2.75) is 64.6 Å². The number of hydrogen-bond donors (Lipinski definition) is 0. The molecule has 0 aromatic rings. The maximum atomic E-state index is 2.36. The Bertz CT molecular complexity index is 67.3. The zero-order valence-corrected chi connectivity index (χ0v) is 9.45. The minimum atomic E-state index is 0.0962. The fourth-order valence-electron chi connectivity index (χ4n) is 1.41. The van der Waals surface area contributed by atoms with Gasteiger partial charge in [-0.25, -0.2) is 0 Å². The summed E-state index contributed by atoms with van der Waals surface area (Å²) in [6.45, 7) is 7.00. The second kappa shape index (κ2) is 8.31. The molecule has 0 aliphatic carbocycles. The van der Waals surface area contributed by atoms with Crippen molar-refractivity contribution >= 4 is 8.80 Å². The van der Waals surface area contributed by atoms with Crippen LogP contribution in [0.1, 0.15) is 46.5 Å². The molecular weight excluding hydrogens is 148 g/mol. The van der Waals surface area contributed by atoms with Gasteiger partial charge in [0.25, 0.3) is 0 Å². The summed E-state index contributed by atoms with van der Waals surface area (Å²) >= 11 is 0. The van der Waals surface area contributed by atoms with E-state index in [-0.39, 0.29) is 8.80 Å². The second-order valence-electron chi connectivity index (χ2n) is 3.27. The van der Waals surface area contributed by atoms with Crippen LogP contribution in [0.2, 0.25) is 18.1 Å². The molecule has 0 fully saturated rings. The highest BCUT2D eigenvalue weighted by Gasteiger charge is 2.03. The Morgan fingerprint density at radius 3 is 1.91 bits per heavy atom. The second-order valence-corrected chi connectivity index (χ2v) is 6.68. The summed E-state index contributed by atoms with van der Waals surface area (Å²) in [6, 6.07) is 4.53. The third kappa shape index (κ3) is 6.61. The van der Waals surface area contributed by atoms with Gasteiger partial charge in [-0.2, -0.15) is 0 Å². The van der Waals surface area contributed by atoms with Gasteiger partial charge in [-0.1, -0.05) is 64.6 Å². The quantitative estimate of drug-likeness (QED) is 0.399. The maximum Gasteiger partial charge on any atom is 0.0473 e. The van der Waals surface area contributed by atoms with Crippen LogP contribution in [-0.2, 0) is 0 Å². The molecule has 0 unspecified atom stereocenters. The first-order valence-electron chi connectivity index (χ1n) is 5.18. The van der Waals surface area contributed by atoms with E-state index in [4.69, 9.17) is 0 Å². The molecule has 0 saturated heterocycles. The molecule has 0 N–H and O–H groups in total. The summed E-state index contributed by atoms with van der Waals surface area (Å²) in [5.41, 5.74) is 0. The van der Waals surface area contributed by atoms with E-state index in [1.54, 1.807) is 6.04 Å². The van der Waals surface area contributed by atoms with Crippen molar-refractivity contribution in [1.82, 2.24) is 0 Å². The van der Waals surface area contributed by atoms with Gasteiger partial charge in [-0.15, -0.1) is 0 Å². The van der Waals surface area contributed by atoms with Crippen LogP contribution in [-0.4, -0.2) is 8.80 Å². The highest BCUT2D eigenvalue weighted by Crippen LogP contribution is 2.11. The Labute approximate surface area is 74.0 Å². The van der Waals surface area contributed by atoms with Crippen molar-refractivity contribution in [1.29, 1.82) is 0 Å². The Hall–Kier alpha value is 0.217. The number of rotatable bonds is 7. The first-order valence-corrected chi connectivity index (χ1v) is 7.30. The molecule has 0 atom stereocenters. The van der Waals surface area contributed by atoms with Crippen molar-refractivity contribution < 1.29 is 0 Å². The van der Waals surface area contributed by atoms with Crippen LogP contribution in [0, 0.1) is 0 Å². The zero-order chi connectivity index (χ0) is 8.53. The van der Waals surface area contributed by atoms with E-state index in [0.717, 1.165) is 0 Å². The number of unbranched alkanes of at least 4 members (excludes halogenated alkanes) is 3. The third-order valence-corrected chi connectivity index (χ3v) is 5.44. The molecule has 0 saturated carbocycles. The largest absolute Gasteiger partial charge is 0.0680 e.